The van der Waals surface area contributed by atoms with E-state index in [1.54, 1.807) is 43.3 Å². The molecule has 1 aromatic heterocycles. The van der Waals surface area contributed by atoms with Gasteiger partial charge in [0.1, 0.15) is 11.6 Å². The lowest BCUT2D eigenvalue weighted by atomic mass is 10.1. The predicted octanol–water partition coefficient (Wildman–Crippen LogP) is 4.35. The molecule has 0 aliphatic heterocycles. The Balaban J connectivity index is 1.90. The molecule has 0 aliphatic rings. The van der Waals surface area contributed by atoms with E-state index in [0.29, 0.717) is 16.8 Å². The van der Waals surface area contributed by atoms with E-state index < -0.39 is 16.5 Å². The zero-order chi connectivity index (χ0) is 24.2. The summed E-state index contributed by atoms with van der Waals surface area (Å²) in [5, 5.41) is 21.5. The maximum absolute atomic E-state index is 13.4. The molecule has 34 heavy (non-hydrogen) atoms. The highest BCUT2D eigenvalue weighted by Gasteiger charge is 2.15. The second-order valence-corrected chi connectivity index (χ2v) is 7.23. The molecular formula is C25H19N3O6. The first kappa shape index (κ1) is 22.4. The highest BCUT2D eigenvalue weighted by Crippen LogP contribution is 2.22. The average molecular weight is 457 g/mol. The Morgan fingerprint density at radius 2 is 1.85 bits per heavy atom. The minimum Gasteiger partial charge on any atom is -0.507 e. The number of benzene rings is 3. The minimum atomic E-state index is -0.557. The van der Waals surface area contributed by atoms with E-state index in [9.17, 15) is 24.8 Å². The van der Waals surface area contributed by atoms with E-state index >= 15 is 0 Å². The van der Waals surface area contributed by atoms with Crippen LogP contribution in [0.3, 0.4) is 0 Å². The molecule has 0 aliphatic carbocycles. The molecule has 1 heterocycles. The van der Waals surface area contributed by atoms with Crippen molar-refractivity contribution in [1.82, 2.24) is 9.55 Å². The molecule has 4 aromatic rings. The number of non-ortho nitro benzene ring substituents is 1. The number of nitrogens with zero attached hydrogens (tertiary/aromatic N) is 3. The Hall–Kier alpha value is -4.79. The summed E-state index contributed by atoms with van der Waals surface area (Å²) in [6, 6.07) is 16.7. The summed E-state index contributed by atoms with van der Waals surface area (Å²) in [6.45, 7) is 1.95. The quantitative estimate of drug-likeness (QED) is 0.259. The first-order valence-corrected chi connectivity index (χ1v) is 10.3. The van der Waals surface area contributed by atoms with Gasteiger partial charge >= 0.3 is 5.97 Å². The molecule has 170 valence electrons. The van der Waals surface area contributed by atoms with Crippen LogP contribution in [0.2, 0.25) is 0 Å². The van der Waals surface area contributed by atoms with Crippen LogP contribution in [0, 0.1) is 10.1 Å². The number of nitro benzene ring substituents is 1. The number of hydrogen-bond donors (Lipinski definition) is 1. The van der Waals surface area contributed by atoms with Gasteiger partial charge in [-0.1, -0.05) is 18.2 Å². The van der Waals surface area contributed by atoms with Gasteiger partial charge in [0.2, 0.25) is 0 Å². The lowest BCUT2D eigenvalue weighted by Gasteiger charge is -2.12. The largest absolute Gasteiger partial charge is 0.507 e. The van der Waals surface area contributed by atoms with Gasteiger partial charge in [-0.15, -0.1) is 0 Å². The fourth-order valence-electron chi connectivity index (χ4n) is 3.42. The standard InChI is InChI=1S/C25H19N3O6/c1-2-34-25(31)17-7-10-18(11-8-17)27-23(14-9-16-5-3-4-6-22(16)29)26-21-15-19(28(32)33)12-13-20(21)24(27)30/h3-15,29H,2H2,1H3/b14-9+. The molecule has 0 unspecified atom stereocenters. The maximum Gasteiger partial charge on any atom is 0.338 e. The normalized spacial score (nSPS) is 11.1. The number of aromatic nitrogens is 2. The SMILES string of the molecule is CCOC(=O)c1ccc(-n2c(/C=C/c3ccccc3O)nc3cc([N+](=O)[O-])ccc3c2=O)cc1. The van der Waals surface area contributed by atoms with Crippen molar-refractivity contribution in [2.45, 2.75) is 6.92 Å². The minimum absolute atomic E-state index is 0.0443. The van der Waals surface area contributed by atoms with Gasteiger partial charge in [-0.05, 0) is 55.5 Å². The van der Waals surface area contributed by atoms with E-state index in [1.165, 1.54) is 47.0 Å². The monoisotopic (exact) mass is 457 g/mol. The van der Waals surface area contributed by atoms with Crippen molar-refractivity contribution in [3.8, 4) is 11.4 Å². The van der Waals surface area contributed by atoms with E-state index in [1.807, 2.05) is 0 Å². The molecule has 9 heteroatoms. The zero-order valence-corrected chi connectivity index (χ0v) is 18.0. The van der Waals surface area contributed by atoms with Gasteiger partial charge in [0.15, 0.2) is 0 Å². The number of hydrogen-bond acceptors (Lipinski definition) is 7. The predicted molar refractivity (Wildman–Crippen MR) is 127 cm³/mol. The van der Waals surface area contributed by atoms with Crippen LogP contribution in [0.15, 0.2) is 71.5 Å². The van der Waals surface area contributed by atoms with Crippen molar-refractivity contribution in [2.75, 3.05) is 6.61 Å². The molecular weight excluding hydrogens is 438 g/mol. The zero-order valence-electron chi connectivity index (χ0n) is 18.0. The van der Waals surface area contributed by atoms with E-state index in [4.69, 9.17) is 4.74 Å². The third-order valence-corrected chi connectivity index (χ3v) is 5.08. The van der Waals surface area contributed by atoms with E-state index in [0.717, 1.165) is 0 Å². The van der Waals surface area contributed by atoms with Crippen molar-refractivity contribution >= 4 is 34.7 Å². The highest BCUT2D eigenvalue weighted by molar-refractivity contribution is 5.89. The van der Waals surface area contributed by atoms with E-state index in [-0.39, 0.29) is 34.8 Å². The number of rotatable bonds is 6. The molecule has 0 spiro atoms. The summed E-state index contributed by atoms with van der Waals surface area (Å²) in [6.07, 6.45) is 3.12. The first-order valence-electron chi connectivity index (χ1n) is 10.3. The van der Waals surface area contributed by atoms with Gasteiger partial charge < -0.3 is 9.84 Å². The number of esters is 1. The van der Waals surface area contributed by atoms with Crippen LogP contribution in [-0.4, -0.2) is 32.2 Å². The van der Waals surface area contributed by atoms with Crippen molar-refractivity contribution in [1.29, 1.82) is 0 Å². The van der Waals surface area contributed by atoms with Gasteiger partial charge in [-0.3, -0.25) is 19.5 Å². The summed E-state index contributed by atoms with van der Waals surface area (Å²) in [5.74, 6) is -0.252. The van der Waals surface area contributed by atoms with Gasteiger partial charge in [0.25, 0.3) is 11.2 Å². The molecule has 0 saturated carbocycles. The Labute approximate surface area is 193 Å². The summed E-state index contributed by atoms with van der Waals surface area (Å²) in [5.41, 5.74) is 0.792. The Morgan fingerprint density at radius 1 is 1.12 bits per heavy atom. The maximum atomic E-state index is 13.4. The number of phenolic OH excluding ortho intramolecular Hbond substituents is 1. The molecule has 0 radical (unpaired) electrons. The number of phenols is 1. The van der Waals surface area contributed by atoms with Crippen LogP contribution in [0.25, 0.3) is 28.7 Å². The Kier molecular flexibility index (Phi) is 6.18. The number of fused-ring (bicyclic) bond motifs is 1. The third-order valence-electron chi connectivity index (χ3n) is 5.08. The second-order valence-electron chi connectivity index (χ2n) is 7.23. The van der Waals surface area contributed by atoms with Gasteiger partial charge in [-0.25, -0.2) is 9.78 Å². The van der Waals surface area contributed by atoms with Crippen LogP contribution in [-0.2, 0) is 4.74 Å². The highest BCUT2D eigenvalue weighted by atomic mass is 16.6. The second kappa shape index (κ2) is 9.37. The number of ether oxygens (including phenoxy) is 1. The van der Waals surface area contributed by atoms with Gasteiger partial charge in [-0.2, -0.15) is 0 Å². The molecule has 0 bridgehead atoms. The fraction of sp³-hybridized carbons (Fsp3) is 0.0800. The third kappa shape index (κ3) is 4.40. The van der Waals surface area contributed by atoms with Crippen LogP contribution in [0.1, 0.15) is 28.7 Å². The smallest absolute Gasteiger partial charge is 0.338 e. The number of carbonyl (C=O) groups is 1. The van der Waals surface area contributed by atoms with Crippen LogP contribution in [0.4, 0.5) is 5.69 Å². The van der Waals surface area contributed by atoms with Gasteiger partial charge in [0.05, 0.1) is 33.7 Å². The molecule has 0 atom stereocenters. The van der Waals surface area contributed by atoms with Crippen LogP contribution < -0.4 is 5.56 Å². The number of para-hydroxylation sites is 1. The van der Waals surface area contributed by atoms with Crippen molar-refractivity contribution in [3.05, 3.63) is 104 Å². The molecule has 4 rings (SSSR count). The fourth-order valence-corrected chi connectivity index (χ4v) is 3.42. The molecule has 0 saturated heterocycles. The Morgan fingerprint density at radius 3 is 2.53 bits per heavy atom. The topological polar surface area (TPSA) is 125 Å². The molecule has 0 fully saturated rings. The molecule has 0 amide bonds. The van der Waals surface area contributed by atoms with Crippen molar-refractivity contribution in [2.24, 2.45) is 0 Å². The average Bonchev–Trinajstić information content (AvgIpc) is 2.83. The lowest BCUT2D eigenvalue weighted by molar-refractivity contribution is -0.384. The summed E-state index contributed by atoms with van der Waals surface area (Å²) in [4.78, 5) is 40.5. The number of aromatic hydroxyl groups is 1. The van der Waals surface area contributed by atoms with Gasteiger partial charge in [0, 0.05) is 17.7 Å². The van der Waals surface area contributed by atoms with Crippen LogP contribution in [0.5, 0.6) is 5.75 Å². The summed E-state index contributed by atoms with van der Waals surface area (Å²) < 4.78 is 6.33. The molecule has 3 aromatic carbocycles. The first-order chi connectivity index (χ1) is 16.4. The molecule has 1 N–H and O–H groups in total. The molecule has 9 nitrogen and oxygen atoms in total. The van der Waals surface area contributed by atoms with E-state index in [2.05, 4.69) is 4.98 Å². The van der Waals surface area contributed by atoms with Crippen LogP contribution >= 0.6 is 0 Å². The summed E-state index contributed by atoms with van der Waals surface area (Å²) >= 11 is 0. The summed E-state index contributed by atoms with van der Waals surface area (Å²) in [7, 11) is 0. The van der Waals surface area contributed by atoms with Crippen molar-refractivity contribution in [3.63, 3.8) is 0 Å². The number of carbonyl (C=O) groups excluding carboxylic acids is 1. The lowest BCUT2D eigenvalue weighted by Crippen LogP contribution is -2.22. The number of nitro groups is 1. The Bertz CT molecular complexity index is 1490. The van der Waals surface area contributed by atoms with Crippen molar-refractivity contribution < 1.29 is 19.6 Å².